The second kappa shape index (κ2) is 5.03. The van der Waals surface area contributed by atoms with Crippen LogP contribution in [0, 0.1) is 0 Å². The molecule has 3 atom stereocenters. The van der Waals surface area contributed by atoms with Crippen LogP contribution < -0.4 is 5.73 Å². The zero-order valence-corrected chi connectivity index (χ0v) is 10.7. The number of hydrogen-bond acceptors (Lipinski definition) is 3. The quantitative estimate of drug-likeness (QED) is 0.797. The SMILES string of the molecule is CCC(C)(CN)N1CCOC2CCCCC21. The average Bonchev–Trinajstić information content (AvgIpc) is 2.37. The van der Waals surface area contributed by atoms with E-state index in [-0.39, 0.29) is 5.54 Å². The van der Waals surface area contributed by atoms with Crippen molar-refractivity contribution in [3.63, 3.8) is 0 Å². The first kappa shape index (κ1) is 12.3. The van der Waals surface area contributed by atoms with Crippen LogP contribution in [0.25, 0.3) is 0 Å². The Morgan fingerprint density at radius 1 is 1.38 bits per heavy atom. The summed E-state index contributed by atoms with van der Waals surface area (Å²) in [5.74, 6) is 0. The van der Waals surface area contributed by atoms with Gasteiger partial charge in [0, 0.05) is 24.7 Å². The Hall–Kier alpha value is -0.120. The predicted molar refractivity (Wildman–Crippen MR) is 66.5 cm³/mol. The first-order valence-corrected chi connectivity index (χ1v) is 6.79. The molecule has 2 rings (SSSR count). The van der Waals surface area contributed by atoms with Crippen molar-refractivity contribution in [3.05, 3.63) is 0 Å². The van der Waals surface area contributed by atoms with Crippen molar-refractivity contribution in [2.24, 2.45) is 5.73 Å². The van der Waals surface area contributed by atoms with E-state index in [0.29, 0.717) is 12.1 Å². The van der Waals surface area contributed by atoms with Crippen molar-refractivity contribution in [3.8, 4) is 0 Å². The van der Waals surface area contributed by atoms with Crippen LogP contribution >= 0.6 is 0 Å². The van der Waals surface area contributed by atoms with Crippen LogP contribution in [0.5, 0.6) is 0 Å². The fourth-order valence-electron chi connectivity index (χ4n) is 3.23. The summed E-state index contributed by atoms with van der Waals surface area (Å²) in [4.78, 5) is 2.64. The van der Waals surface area contributed by atoms with Gasteiger partial charge >= 0.3 is 0 Å². The van der Waals surface area contributed by atoms with Gasteiger partial charge in [-0.05, 0) is 26.2 Å². The molecular weight excluding hydrogens is 200 g/mol. The lowest BCUT2D eigenvalue weighted by molar-refractivity contribution is -0.122. The molecule has 1 saturated carbocycles. The highest BCUT2D eigenvalue weighted by Crippen LogP contribution is 2.33. The number of morpholine rings is 1. The Balaban J connectivity index is 2.12. The molecular formula is C13H26N2O. The maximum atomic E-state index is 5.99. The molecule has 16 heavy (non-hydrogen) atoms. The highest BCUT2D eigenvalue weighted by atomic mass is 16.5. The summed E-state index contributed by atoms with van der Waals surface area (Å²) in [7, 11) is 0. The Bertz CT molecular complexity index is 226. The molecule has 2 aliphatic rings. The Morgan fingerprint density at radius 2 is 2.12 bits per heavy atom. The second-order valence-corrected chi connectivity index (χ2v) is 5.51. The maximum absolute atomic E-state index is 5.99. The summed E-state index contributed by atoms with van der Waals surface area (Å²) >= 11 is 0. The zero-order valence-electron chi connectivity index (χ0n) is 10.7. The van der Waals surface area contributed by atoms with Crippen LogP contribution in [0.15, 0.2) is 0 Å². The van der Waals surface area contributed by atoms with E-state index in [1.165, 1.54) is 25.7 Å². The summed E-state index contributed by atoms with van der Waals surface area (Å²) in [5.41, 5.74) is 6.16. The second-order valence-electron chi connectivity index (χ2n) is 5.51. The summed E-state index contributed by atoms with van der Waals surface area (Å²) < 4.78 is 5.91. The largest absolute Gasteiger partial charge is 0.375 e. The third kappa shape index (κ3) is 2.13. The molecule has 1 saturated heterocycles. The minimum atomic E-state index is 0.171. The first-order chi connectivity index (χ1) is 7.71. The number of hydrogen-bond donors (Lipinski definition) is 1. The normalized spacial score (nSPS) is 35.4. The van der Waals surface area contributed by atoms with Gasteiger partial charge < -0.3 is 10.5 Å². The van der Waals surface area contributed by atoms with Crippen molar-refractivity contribution in [1.82, 2.24) is 4.90 Å². The summed E-state index contributed by atoms with van der Waals surface area (Å²) in [6.45, 7) is 7.26. The van der Waals surface area contributed by atoms with E-state index < -0.39 is 0 Å². The molecule has 0 radical (unpaired) electrons. The molecule has 94 valence electrons. The van der Waals surface area contributed by atoms with Crippen LogP contribution in [-0.4, -0.2) is 42.3 Å². The lowest BCUT2D eigenvalue weighted by atomic mass is 9.85. The average molecular weight is 226 g/mol. The minimum absolute atomic E-state index is 0.171. The van der Waals surface area contributed by atoms with E-state index in [4.69, 9.17) is 10.5 Å². The molecule has 0 amide bonds. The fraction of sp³-hybridized carbons (Fsp3) is 1.00. The highest BCUT2D eigenvalue weighted by Gasteiger charge is 2.41. The molecule has 1 aliphatic carbocycles. The number of nitrogens with two attached hydrogens (primary N) is 1. The Kier molecular flexibility index (Phi) is 3.88. The topological polar surface area (TPSA) is 38.5 Å². The number of ether oxygens (including phenoxy) is 1. The molecule has 0 aromatic carbocycles. The molecule has 2 N–H and O–H groups in total. The number of fused-ring (bicyclic) bond motifs is 1. The van der Waals surface area contributed by atoms with Crippen molar-refractivity contribution in [1.29, 1.82) is 0 Å². The highest BCUT2D eigenvalue weighted by molar-refractivity contribution is 4.96. The van der Waals surface area contributed by atoms with Gasteiger partial charge in [0.25, 0.3) is 0 Å². The van der Waals surface area contributed by atoms with Gasteiger partial charge in [0.1, 0.15) is 0 Å². The van der Waals surface area contributed by atoms with E-state index >= 15 is 0 Å². The molecule has 3 unspecified atom stereocenters. The molecule has 2 fully saturated rings. The van der Waals surface area contributed by atoms with Gasteiger partial charge in [-0.3, -0.25) is 4.90 Å². The van der Waals surface area contributed by atoms with E-state index in [2.05, 4.69) is 18.7 Å². The molecule has 3 nitrogen and oxygen atoms in total. The van der Waals surface area contributed by atoms with E-state index in [1.54, 1.807) is 0 Å². The van der Waals surface area contributed by atoms with Gasteiger partial charge in [-0.15, -0.1) is 0 Å². The van der Waals surface area contributed by atoms with E-state index in [9.17, 15) is 0 Å². The molecule has 0 aromatic rings. The maximum Gasteiger partial charge on any atom is 0.0731 e. The molecule has 0 bridgehead atoms. The van der Waals surface area contributed by atoms with Crippen molar-refractivity contribution >= 4 is 0 Å². The van der Waals surface area contributed by atoms with Gasteiger partial charge in [-0.25, -0.2) is 0 Å². The fourth-order valence-corrected chi connectivity index (χ4v) is 3.23. The van der Waals surface area contributed by atoms with E-state index in [1.807, 2.05) is 0 Å². The van der Waals surface area contributed by atoms with Crippen LogP contribution in [-0.2, 0) is 4.74 Å². The van der Waals surface area contributed by atoms with Gasteiger partial charge in [0.05, 0.1) is 12.7 Å². The van der Waals surface area contributed by atoms with Crippen molar-refractivity contribution in [2.45, 2.75) is 63.6 Å². The molecule has 1 aliphatic heterocycles. The Labute approximate surface area is 99.3 Å². The van der Waals surface area contributed by atoms with Crippen LogP contribution in [0.2, 0.25) is 0 Å². The van der Waals surface area contributed by atoms with Gasteiger partial charge in [-0.1, -0.05) is 19.8 Å². The minimum Gasteiger partial charge on any atom is -0.375 e. The zero-order chi connectivity index (χ0) is 11.6. The summed E-state index contributed by atoms with van der Waals surface area (Å²) in [6.07, 6.45) is 6.82. The van der Waals surface area contributed by atoms with Gasteiger partial charge in [-0.2, -0.15) is 0 Å². The lowest BCUT2D eigenvalue weighted by Gasteiger charge is -2.51. The van der Waals surface area contributed by atoms with Gasteiger partial charge in [0.15, 0.2) is 0 Å². The van der Waals surface area contributed by atoms with Crippen LogP contribution in [0.4, 0.5) is 0 Å². The Morgan fingerprint density at radius 3 is 2.81 bits per heavy atom. The molecule has 0 spiro atoms. The van der Waals surface area contributed by atoms with Crippen LogP contribution in [0.1, 0.15) is 46.0 Å². The van der Waals surface area contributed by atoms with Gasteiger partial charge in [0.2, 0.25) is 0 Å². The first-order valence-electron chi connectivity index (χ1n) is 6.79. The van der Waals surface area contributed by atoms with Crippen LogP contribution in [0.3, 0.4) is 0 Å². The molecule has 0 aromatic heterocycles. The standard InChI is InChI=1S/C13H26N2O/c1-3-13(2,10-14)15-8-9-16-12-7-5-4-6-11(12)15/h11-12H,3-10,14H2,1-2H3. The summed E-state index contributed by atoms with van der Waals surface area (Å²) in [5, 5.41) is 0. The van der Waals surface area contributed by atoms with Crippen molar-refractivity contribution < 1.29 is 4.74 Å². The lowest BCUT2D eigenvalue weighted by Crippen LogP contribution is -2.63. The smallest absolute Gasteiger partial charge is 0.0731 e. The van der Waals surface area contributed by atoms with E-state index in [0.717, 1.165) is 26.1 Å². The number of rotatable bonds is 3. The molecule has 3 heteroatoms. The third-order valence-electron chi connectivity index (χ3n) is 4.63. The third-order valence-corrected chi connectivity index (χ3v) is 4.63. The monoisotopic (exact) mass is 226 g/mol. The molecule has 1 heterocycles. The predicted octanol–water partition coefficient (Wildman–Crippen LogP) is 1.76. The summed E-state index contributed by atoms with van der Waals surface area (Å²) in [6, 6.07) is 0.621. The van der Waals surface area contributed by atoms with Crippen molar-refractivity contribution in [2.75, 3.05) is 19.7 Å². The number of nitrogens with zero attached hydrogens (tertiary/aromatic N) is 1.